The van der Waals surface area contributed by atoms with Crippen molar-refractivity contribution in [2.75, 3.05) is 6.54 Å². The van der Waals surface area contributed by atoms with Crippen LogP contribution in [0.2, 0.25) is 0 Å². The maximum Gasteiger partial charge on any atom is 0.416 e. The first-order valence-electron chi connectivity index (χ1n) is 9.43. The van der Waals surface area contributed by atoms with E-state index in [2.05, 4.69) is 14.9 Å². The summed E-state index contributed by atoms with van der Waals surface area (Å²) in [4.78, 5) is 21.9. The minimum absolute atomic E-state index is 0.261. The highest BCUT2D eigenvalue weighted by atomic mass is 19.4. The molecule has 0 radical (unpaired) electrons. The van der Waals surface area contributed by atoms with Crippen LogP contribution in [0.1, 0.15) is 35.3 Å². The van der Waals surface area contributed by atoms with Gasteiger partial charge in [-0.3, -0.25) is 9.69 Å². The molecule has 0 saturated heterocycles. The molecule has 1 aromatic carbocycles. The van der Waals surface area contributed by atoms with E-state index in [-0.39, 0.29) is 11.4 Å². The number of nitrogens with zero attached hydrogens (tertiary/aromatic N) is 2. The zero-order valence-electron chi connectivity index (χ0n) is 15.8. The predicted molar refractivity (Wildman–Crippen MR) is 101 cm³/mol. The van der Waals surface area contributed by atoms with Gasteiger partial charge in [-0.05, 0) is 24.3 Å². The largest absolute Gasteiger partial charge is 0.465 e. The summed E-state index contributed by atoms with van der Waals surface area (Å²) in [5.74, 6) is 2.07. The lowest BCUT2D eigenvalue weighted by Crippen LogP contribution is -2.35. The zero-order valence-corrected chi connectivity index (χ0v) is 15.8. The number of aryl methyl sites for hydroxylation is 1. The minimum Gasteiger partial charge on any atom is -0.465 e. The molecule has 0 unspecified atom stereocenters. The van der Waals surface area contributed by atoms with E-state index in [4.69, 9.17) is 4.42 Å². The SMILES string of the molecule is CCc1ccc(CN2CCc3nc(-c4ccc(C(F)(F)F)cc4)[nH]c(=O)c3C2)o1. The van der Waals surface area contributed by atoms with Crippen LogP contribution in [0.3, 0.4) is 0 Å². The van der Waals surface area contributed by atoms with Crippen molar-refractivity contribution in [2.24, 2.45) is 0 Å². The van der Waals surface area contributed by atoms with Gasteiger partial charge in [0.05, 0.1) is 23.4 Å². The van der Waals surface area contributed by atoms with Crippen LogP contribution in [0, 0.1) is 0 Å². The fourth-order valence-corrected chi connectivity index (χ4v) is 3.49. The van der Waals surface area contributed by atoms with Crippen LogP contribution in [-0.2, 0) is 32.1 Å². The van der Waals surface area contributed by atoms with Crippen molar-refractivity contribution >= 4 is 0 Å². The number of hydrogen-bond acceptors (Lipinski definition) is 4. The van der Waals surface area contributed by atoms with Crippen molar-refractivity contribution in [3.8, 4) is 11.4 Å². The molecule has 3 aromatic rings. The summed E-state index contributed by atoms with van der Waals surface area (Å²) in [7, 11) is 0. The van der Waals surface area contributed by atoms with Gasteiger partial charge in [-0.2, -0.15) is 13.2 Å². The lowest BCUT2D eigenvalue weighted by atomic mass is 10.1. The molecule has 1 N–H and O–H groups in total. The van der Waals surface area contributed by atoms with Crippen molar-refractivity contribution in [1.29, 1.82) is 0 Å². The molecule has 3 heterocycles. The number of nitrogens with one attached hydrogen (secondary N) is 1. The molecule has 5 nitrogen and oxygen atoms in total. The second-order valence-corrected chi connectivity index (χ2v) is 7.10. The van der Waals surface area contributed by atoms with Crippen LogP contribution in [0.5, 0.6) is 0 Å². The molecule has 0 spiro atoms. The van der Waals surface area contributed by atoms with Gasteiger partial charge in [0.25, 0.3) is 5.56 Å². The highest BCUT2D eigenvalue weighted by Crippen LogP contribution is 2.30. The number of fused-ring (bicyclic) bond motifs is 1. The van der Waals surface area contributed by atoms with Crippen molar-refractivity contribution in [2.45, 2.75) is 39.0 Å². The van der Waals surface area contributed by atoms with Gasteiger partial charge in [0.1, 0.15) is 17.3 Å². The van der Waals surface area contributed by atoms with E-state index in [1.54, 1.807) is 0 Å². The highest BCUT2D eigenvalue weighted by Gasteiger charge is 2.30. The van der Waals surface area contributed by atoms with E-state index in [9.17, 15) is 18.0 Å². The van der Waals surface area contributed by atoms with Crippen molar-refractivity contribution < 1.29 is 17.6 Å². The fourth-order valence-electron chi connectivity index (χ4n) is 3.49. The van der Waals surface area contributed by atoms with Crippen LogP contribution in [0.4, 0.5) is 13.2 Å². The second kappa shape index (κ2) is 7.51. The van der Waals surface area contributed by atoms with Crippen LogP contribution >= 0.6 is 0 Å². The van der Waals surface area contributed by atoms with Gasteiger partial charge in [0, 0.05) is 31.5 Å². The summed E-state index contributed by atoms with van der Waals surface area (Å²) >= 11 is 0. The first kappa shape index (κ1) is 19.4. The Bertz CT molecular complexity index is 1070. The minimum atomic E-state index is -4.40. The Balaban J connectivity index is 1.54. The summed E-state index contributed by atoms with van der Waals surface area (Å²) in [6.45, 7) is 3.81. The first-order valence-corrected chi connectivity index (χ1v) is 9.43. The van der Waals surface area contributed by atoms with E-state index in [0.29, 0.717) is 36.3 Å². The first-order chi connectivity index (χ1) is 13.8. The Hall–Kier alpha value is -2.87. The molecule has 1 aliphatic rings. The number of alkyl halides is 3. The topological polar surface area (TPSA) is 62.1 Å². The number of aromatic nitrogens is 2. The quantitative estimate of drug-likeness (QED) is 0.710. The summed E-state index contributed by atoms with van der Waals surface area (Å²) in [6, 6.07) is 8.53. The lowest BCUT2D eigenvalue weighted by molar-refractivity contribution is -0.137. The van der Waals surface area contributed by atoms with Crippen molar-refractivity contribution in [1.82, 2.24) is 14.9 Å². The van der Waals surface area contributed by atoms with Gasteiger partial charge in [-0.15, -0.1) is 0 Å². The van der Waals surface area contributed by atoms with E-state index in [1.807, 2.05) is 19.1 Å². The molecule has 152 valence electrons. The molecular formula is C21H20F3N3O2. The molecule has 8 heteroatoms. The molecule has 1 aliphatic heterocycles. The molecular weight excluding hydrogens is 383 g/mol. The summed E-state index contributed by atoms with van der Waals surface area (Å²) in [5, 5.41) is 0. The zero-order chi connectivity index (χ0) is 20.6. The van der Waals surface area contributed by atoms with Gasteiger partial charge in [0.15, 0.2) is 0 Å². The van der Waals surface area contributed by atoms with E-state index < -0.39 is 11.7 Å². The van der Waals surface area contributed by atoms with E-state index in [0.717, 1.165) is 36.6 Å². The van der Waals surface area contributed by atoms with Gasteiger partial charge in [-0.1, -0.05) is 19.1 Å². The monoisotopic (exact) mass is 403 g/mol. The number of halogens is 3. The maximum absolute atomic E-state index is 12.7. The Kier molecular flexibility index (Phi) is 5.04. The molecule has 0 bridgehead atoms. The molecule has 0 atom stereocenters. The van der Waals surface area contributed by atoms with Crippen molar-refractivity contribution in [3.05, 3.63) is 75.1 Å². The second-order valence-electron chi connectivity index (χ2n) is 7.10. The fraction of sp³-hybridized carbons (Fsp3) is 0.333. The summed E-state index contributed by atoms with van der Waals surface area (Å²) in [5.41, 5.74) is 0.732. The number of hydrogen-bond donors (Lipinski definition) is 1. The Morgan fingerprint density at radius 2 is 1.86 bits per heavy atom. The number of furan rings is 1. The van der Waals surface area contributed by atoms with Crippen LogP contribution < -0.4 is 5.56 Å². The average molecular weight is 403 g/mol. The summed E-state index contributed by atoms with van der Waals surface area (Å²) < 4.78 is 44.0. The predicted octanol–water partition coefficient (Wildman–Crippen LogP) is 4.17. The number of rotatable bonds is 4. The lowest BCUT2D eigenvalue weighted by Gasteiger charge is -2.26. The molecule has 4 rings (SSSR count). The smallest absolute Gasteiger partial charge is 0.416 e. The van der Waals surface area contributed by atoms with Gasteiger partial charge in [0.2, 0.25) is 0 Å². The standard InChI is InChI=1S/C21H20F3N3O2/c1-2-15-7-8-16(29-15)11-27-10-9-18-17(12-27)20(28)26-19(25-18)13-3-5-14(6-4-13)21(22,23)24/h3-8H,2,9-12H2,1H3,(H,25,26,28). The Morgan fingerprint density at radius 3 is 2.52 bits per heavy atom. The van der Waals surface area contributed by atoms with Gasteiger partial charge >= 0.3 is 6.18 Å². The third-order valence-corrected chi connectivity index (χ3v) is 5.08. The Labute approximate surface area is 165 Å². The van der Waals surface area contributed by atoms with E-state index in [1.165, 1.54) is 12.1 Å². The van der Waals surface area contributed by atoms with Gasteiger partial charge in [-0.25, -0.2) is 4.98 Å². The normalized spacial score (nSPS) is 14.8. The third-order valence-electron chi connectivity index (χ3n) is 5.08. The summed E-state index contributed by atoms with van der Waals surface area (Å²) in [6.07, 6.45) is -2.97. The molecule has 0 aliphatic carbocycles. The van der Waals surface area contributed by atoms with Gasteiger partial charge < -0.3 is 9.40 Å². The molecule has 0 fully saturated rings. The van der Waals surface area contributed by atoms with Crippen LogP contribution in [0.25, 0.3) is 11.4 Å². The average Bonchev–Trinajstić information content (AvgIpc) is 3.15. The van der Waals surface area contributed by atoms with E-state index >= 15 is 0 Å². The number of benzene rings is 1. The van der Waals surface area contributed by atoms with Crippen molar-refractivity contribution in [3.63, 3.8) is 0 Å². The van der Waals surface area contributed by atoms with Crippen LogP contribution in [0.15, 0.2) is 45.6 Å². The molecule has 0 saturated carbocycles. The molecule has 2 aromatic heterocycles. The molecule has 0 amide bonds. The highest BCUT2D eigenvalue weighted by molar-refractivity contribution is 5.56. The maximum atomic E-state index is 12.7. The number of H-pyrrole nitrogens is 1. The third kappa shape index (κ3) is 4.12. The van der Waals surface area contributed by atoms with Crippen LogP contribution in [-0.4, -0.2) is 21.4 Å². The molecule has 29 heavy (non-hydrogen) atoms. The Morgan fingerprint density at radius 1 is 1.14 bits per heavy atom. The number of aromatic amines is 1.